The zero-order valence-corrected chi connectivity index (χ0v) is 17.1. The highest BCUT2D eigenvalue weighted by atomic mass is 32.2. The van der Waals surface area contributed by atoms with Crippen LogP contribution in [0.2, 0.25) is 0 Å². The molecule has 0 N–H and O–H groups in total. The topological polar surface area (TPSA) is 111 Å². The Labute approximate surface area is 171 Å². The van der Waals surface area contributed by atoms with Crippen LogP contribution in [0.25, 0.3) is 0 Å². The number of nitro groups is 1. The fraction of sp³-hybridized carbons (Fsp3) is 0.421. The van der Waals surface area contributed by atoms with E-state index >= 15 is 0 Å². The van der Waals surface area contributed by atoms with Crippen molar-refractivity contribution in [2.75, 3.05) is 20.3 Å². The van der Waals surface area contributed by atoms with Crippen molar-refractivity contribution in [3.8, 4) is 0 Å². The Balaban J connectivity index is 2.09. The summed E-state index contributed by atoms with van der Waals surface area (Å²) in [4.78, 5) is 42.5. The molecule has 2 atom stereocenters. The molecule has 9 nitrogen and oxygen atoms in total. The van der Waals surface area contributed by atoms with Gasteiger partial charge in [0.2, 0.25) is 5.91 Å². The second kappa shape index (κ2) is 8.75. The van der Waals surface area contributed by atoms with Gasteiger partial charge in [0.1, 0.15) is 6.61 Å². The van der Waals surface area contributed by atoms with Crippen LogP contribution in [0.5, 0.6) is 0 Å². The number of non-ortho nitro benzene ring substituents is 1. The maximum absolute atomic E-state index is 13.0. The molecule has 1 amide bonds. The lowest BCUT2D eigenvalue weighted by Gasteiger charge is -2.33. The van der Waals surface area contributed by atoms with E-state index in [0.29, 0.717) is 22.8 Å². The smallest absolute Gasteiger partial charge is 0.338 e. The van der Waals surface area contributed by atoms with Crippen LogP contribution >= 0.6 is 11.8 Å². The Bertz CT molecular complexity index is 913. The number of esters is 1. The number of rotatable bonds is 7. The number of allylic oxidation sites excluding steroid dienone is 1. The van der Waals surface area contributed by atoms with E-state index in [0.717, 1.165) is 0 Å². The van der Waals surface area contributed by atoms with Crippen molar-refractivity contribution in [2.24, 2.45) is 4.99 Å². The molecule has 29 heavy (non-hydrogen) atoms. The van der Waals surface area contributed by atoms with Crippen molar-refractivity contribution in [2.45, 2.75) is 31.6 Å². The van der Waals surface area contributed by atoms with E-state index in [2.05, 4.69) is 4.99 Å². The second-order valence-corrected chi connectivity index (χ2v) is 7.67. The normalized spacial score (nSPS) is 21.1. The number of thioether (sulfide) groups is 1. The Kier molecular flexibility index (Phi) is 6.33. The maximum atomic E-state index is 13.0. The number of ether oxygens (including phenoxy) is 2. The van der Waals surface area contributed by atoms with Crippen LogP contribution in [0.1, 0.15) is 31.9 Å². The molecule has 10 heteroatoms. The molecule has 0 bridgehead atoms. The molecule has 1 aromatic carbocycles. The van der Waals surface area contributed by atoms with E-state index in [1.54, 1.807) is 13.0 Å². The molecule has 2 aliphatic rings. The molecule has 0 aromatic heterocycles. The Hall–Kier alpha value is -2.72. The summed E-state index contributed by atoms with van der Waals surface area (Å²) < 4.78 is 10.2. The summed E-state index contributed by atoms with van der Waals surface area (Å²) in [5.41, 5.74) is 0.946. The quantitative estimate of drug-likeness (QED) is 0.289. The molecule has 0 radical (unpaired) electrons. The number of benzene rings is 1. The van der Waals surface area contributed by atoms with E-state index in [1.807, 2.05) is 6.92 Å². The van der Waals surface area contributed by atoms with Gasteiger partial charge >= 0.3 is 5.97 Å². The molecular weight excluding hydrogens is 398 g/mol. The molecule has 0 aliphatic carbocycles. The lowest BCUT2D eigenvalue weighted by atomic mass is 9.94. The Morgan fingerprint density at radius 2 is 2.14 bits per heavy atom. The van der Waals surface area contributed by atoms with E-state index in [9.17, 15) is 19.7 Å². The van der Waals surface area contributed by atoms with Gasteiger partial charge in [-0.25, -0.2) is 9.79 Å². The molecule has 2 aliphatic heterocycles. The number of aliphatic imine (C=N–C) groups is 1. The summed E-state index contributed by atoms with van der Waals surface area (Å²) >= 11 is 1.34. The van der Waals surface area contributed by atoms with Crippen LogP contribution in [0, 0.1) is 10.1 Å². The third kappa shape index (κ3) is 4.03. The summed E-state index contributed by atoms with van der Waals surface area (Å²) in [6.45, 7) is 3.85. The first-order valence-corrected chi connectivity index (χ1v) is 9.96. The lowest BCUT2D eigenvalue weighted by Crippen LogP contribution is -2.41. The van der Waals surface area contributed by atoms with Crippen LogP contribution in [0.15, 0.2) is 40.5 Å². The number of carbonyl (C=O) groups excluding carboxylic acids is 2. The Morgan fingerprint density at radius 3 is 2.79 bits per heavy atom. The van der Waals surface area contributed by atoms with Crippen LogP contribution in [-0.2, 0) is 19.1 Å². The van der Waals surface area contributed by atoms with E-state index in [-0.39, 0.29) is 35.6 Å². The maximum Gasteiger partial charge on any atom is 0.338 e. The molecule has 1 aromatic rings. The molecule has 2 heterocycles. The van der Waals surface area contributed by atoms with E-state index in [1.165, 1.54) is 42.0 Å². The van der Waals surface area contributed by atoms with Crippen molar-refractivity contribution >= 4 is 34.5 Å². The van der Waals surface area contributed by atoms with E-state index in [4.69, 9.17) is 9.47 Å². The fourth-order valence-corrected chi connectivity index (χ4v) is 4.40. The fourth-order valence-electron chi connectivity index (χ4n) is 3.27. The highest BCUT2D eigenvalue weighted by Crippen LogP contribution is 2.44. The number of nitrogens with zero attached hydrogens (tertiary/aromatic N) is 3. The standard InChI is InChI=1S/C19H21N3O6S/c1-4-14-17(23)21-16(12-6-5-7-13(10-12)22(25)26)15(11(2)20-19(21)29-14)18(24)28-9-8-27-3/h5-7,10,14,16H,4,8-9H2,1-3H3/t14-,16-/m0/s1. The van der Waals surface area contributed by atoms with Gasteiger partial charge in [0.05, 0.1) is 34.1 Å². The lowest BCUT2D eigenvalue weighted by molar-refractivity contribution is -0.384. The first kappa shape index (κ1) is 21.0. The number of methoxy groups -OCH3 is 1. The molecule has 1 saturated heterocycles. The van der Waals surface area contributed by atoms with Gasteiger partial charge in [0, 0.05) is 19.2 Å². The minimum atomic E-state index is -0.839. The van der Waals surface area contributed by atoms with Crippen molar-refractivity contribution in [3.63, 3.8) is 0 Å². The van der Waals surface area contributed by atoms with Gasteiger partial charge < -0.3 is 9.47 Å². The zero-order chi connectivity index (χ0) is 21.1. The SMILES string of the molecule is CC[C@@H]1SC2=NC(C)=C(C(=O)OCCOC)[C@H](c3cccc([N+](=O)[O-])c3)N2C1=O. The van der Waals surface area contributed by atoms with Gasteiger partial charge in [-0.15, -0.1) is 0 Å². The van der Waals surface area contributed by atoms with Gasteiger partial charge in [-0.1, -0.05) is 30.8 Å². The molecule has 0 saturated carbocycles. The Morgan fingerprint density at radius 1 is 1.38 bits per heavy atom. The molecular formula is C19H21N3O6S. The number of hydrogen-bond donors (Lipinski definition) is 0. The number of amides is 1. The minimum absolute atomic E-state index is 0.0463. The number of nitro benzene ring substituents is 1. The van der Waals surface area contributed by atoms with Gasteiger partial charge in [-0.2, -0.15) is 0 Å². The summed E-state index contributed by atoms with van der Waals surface area (Å²) in [7, 11) is 1.49. The van der Waals surface area contributed by atoms with Crippen molar-refractivity contribution in [1.82, 2.24) is 4.90 Å². The van der Waals surface area contributed by atoms with Crippen molar-refractivity contribution in [3.05, 3.63) is 51.2 Å². The van der Waals surface area contributed by atoms with Gasteiger partial charge in [-0.05, 0) is 18.9 Å². The van der Waals surface area contributed by atoms with Crippen molar-refractivity contribution < 1.29 is 24.0 Å². The number of hydrogen-bond acceptors (Lipinski definition) is 8. The van der Waals surface area contributed by atoms with Crippen molar-refractivity contribution in [1.29, 1.82) is 0 Å². The molecule has 0 spiro atoms. The first-order valence-electron chi connectivity index (χ1n) is 9.08. The van der Waals surface area contributed by atoms with Gasteiger partial charge in [0.15, 0.2) is 5.17 Å². The number of amidine groups is 1. The molecule has 3 rings (SSSR count). The summed E-state index contributed by atoms with van der Waals surface area (Å²) in [6.07, 6.45) is 0.605. The molecule has 0 unspecified atom stereocenters. The first-order chi connectivity index (χ1) is 13.9. The number of carbonyl (C=O) groups is 2. The van der Waals surface area contributed by atoms with Gasteiger partial charge in [-0.3, -0.25) is 19.8 Å². The highest BCUT2D eigenvalue weighted by Gasteiger charge is 2.47. The summed E-state index contributed by atoms with van der Waals surface area (Å²) in [5, 5.41) is 11.4. The predicted octanol–water partition coefficient (Wildman–Crippen LogP) is 2.82. The third-order valence-corrected chi connectivity index (χ3v) is 5.98. The zero-order valence-electron chi connectivity index (χ0n) is 16.3. The second-order valence-electron chi connectivity index (χ2n) is 6.50. The largest absolute Gasteiger partial charge is 0.460 e. The average Bonchev–Trinajstić information content (AvgIpc) is 3.02. The minimum Gasteiger partial charge on any atom is -0.460 e. The van der Waals surface area contributed by atoms with Crippen LogP contribution < -0.4 is 0 Å². The molecule has 1 fully saturated rings. The summed E-state index contributed by atoms with van der Waals surface area (Å²) in [5.74, 6) is -0.806. The van der Waals surface area contributed by atoms with Crippen LogP contribution in [0.4, 0.5) is 5.69 Å². The van der Waals surface area contributed by atoms with Crippen LogP contribution in [0.3, 0.4) is 0 Å². The average molecular weight is 419 g/mol. The van der Waals surface area contributed by atoms with Gasteiger partial charge in [0.25, 0.3) is 5.69 Å². The monoisotopic (exact) mass is 419 g/mol. The highest BCUT2D eigenvalue weighted by molar-refractivity contribution is 8.15. The van der Waals surface area contributed by atoms with E-state index < -0.39 is 16.9 Å². The van der Waals surface area contributed by atoms with Crippen LogP contribution in [-0.4, -0.2) is 52.4 Å². The third-order valence-electron chi connectivity index (χ3n) is 4.66. The molecule has 154 valence electrons. The summed E-state index contributed by atoms with van der Waals surface area (Å²) in [6, 6.07) is 5.10. The predicted molar refractivity (Wildman–Crippen MR) is 107 cm³/mol. The number of fused-ring (bicyclic) bond motifs is 1.